The van der Waals surface area contributed by atoms with Gasteiger partial charge in [-0.2, -0.15) is 0 Å². The highest BCUT2D eigenvalue weighted by Crippen LogP contribution is 2.11. The third-order valence-electron chi connectivity index (χ3n) is 1.69. The summed E-state index contributed by atoms with van der Waals surface area (Å²) >= 11 is 0. The summed E-state index contributed by atoms with van der Waals surface area (Å²) in [5.41, 5.74) is 7.37. The number of aliphatic hydroxyl groups is 1. The topological polar surface area (TPSA) is 46.2 Å². The zero-order chi connectivity index (χ0) is 8.27. The number of nitrogens with two attached hydrogens (primary N) is 1. The molecule has 0 aliphatic carbocycles. The van der Waals surface area contributed by atoms with Crippen LogP contribution in [0.3, 0.4) is 0 Å². The Hall–Kier alpha value is -0.860. The second kappa shape index (κ2) is 3.51. The molecule has 0 spiro atoms. The Labute approximate surface area is 66.7 Å². The van der Waals surface area contributed by atoms with Crippen molar-refractivity contribution < 1.29 is 5.11 Å². The molecule has 1 aromatic rings. The maximum Gasteiger partial charge on any atom is 0.0912 e. The average molecular weight is 151 g/mol. The van der Waals surface area contributed by atoms with Gasteiger partial charge in [0.2, 0.25) is 0 Å². The SMILES string of the molecule is Cc1ccc(C(O)CN)cc1. The van der Waals surface area contributed by atoms with E-state index in [1.165, 1.54) is 5.56 Å². The van der Waals surface area contributed by atoms with E-state index in [2.05, 4.69) is 0 Å². The standard InChI is InChI=1S/C9H13NO/c1-7-2-4-8(5-3-7)9(11)6-10/h2-5,9,11H,6,10H2,1H3. The molecule has 60 valence electrons. The first-order valence-corrected chi connectivity index (χ1v) is 3.68. The van der Waals surface area contributed by atoms with Crippen LogP contribution >= 0.6 is 0 Å². The molecule has 0 aromatic heterocycles. The lowest BCUT2D eigenvalue weighted by Gasteiger charge is -2.07. The summed E-state index contributed by atoms with van der Waals surface area (Å²) in [6.45, 7) is 2.29. The molecule has 0 bridgehead atoms. The van der Waals surface area contributed by atoms with Gasteiger partial charge in [-0.3, -0.25) is 0 Å². The van der Waals surface area contributed by atoms with Gasteiger partial charge in [-0.1, -0.05) is 29.8 Å². The Balaban J connectivity index is 2.81. The predicted molar refractivity (Wildman–Crippen MR) is 45.2 cm³/mol. The number of hydrogen-bond donors (Lipinski definition) is 2. The normalized spacial score (nSPS) is 13.0. The molecule has 0 heterocycles. The van der Waals surface area contributed by atoms with Gasteiger partial charge in [0.15, 0.2) is 0 Å². The Morgan fingerprint density at radius 2 is 1.91 bits per heavy atom. The Bertz CT molecular complexity index is 218. The van der Waals surface area contributed by atoms with Crippen LogP contribution in [0.2, 0.25) is 0 Å². The largest absolute Gasteiger partial charge is 0.387 e. The van der Waals surface area contributed by atoms with E-state index in [1.807, 2.05) is 31.2 Å². The Morgan fingerprint density at radius 1 is 1.36 bits per heavy atom. The highest BCUT2D eigenvalue weighted by Gasteiger charge is 2.02. The van der Waals surface area contributed by atoms with Gasteiger partial charge in [0.05, 0.1) is 6.10 Å². The van der Waals surface area contributed by atoms with Crippen LogP contribution in [0, 0.1) is 6.92 Å². The third kappa shape index (κ3) is 2.03. The molecular formula is C9H13NO. The third-order valence-corrected chi connectivity index (χ3v) is 1.69. The second-order valence-corrected chi connectivity index (χ2v) is 2.66. The summed E-state index contributed by atoms with van der Waals surface area (Å²) in [7, 11) is 0. The number of rotatable bonds is 2. The molecule has 1 atom stereocenters. The molecule has 0 saturated heterocycles. The Morgan fingerprint density at radius 3 is 2.36 bits per heavy atom. The van der Waals surface area contributed by atoms with Gasteiger partial charge in [-0.05, 0) is 12.5 Å². The van der Waals surface area contributed by atoms with Crippen molar-refractivity contribution in [2.75, 3.05) is 6.54 Å². The zero-order valence-electron chi connectivity index (χ0n) is 6.62. The van der Waals surface area contributed by atoms with E-state index < -0.39 is 6.10 Å². The fraction of sp³-hybridized carbons (Fsp3) is 0.333. The molecule has 0 fully saturated rings. The maximum atomic E-state index is 9.30. The van der Waals surface area contributed by atoms with Gasteiger partial charge in [0.1, 0.15) is 0 Å². The highest BCUT2D eigenvalue weighted by molar-refractivity contribution is 5.23. The molecular weight excluding hydrogens is 138 g/mol. The van der Waals surface area contributed by atoms with Gasteiger partial charge in [-0.15, -0.1) is 0 Å². The number of hydrogen-bond acceptors (Lipinski definition) is 2. The van der Waals surface area contributed by atoms with Gasteiger partial charge < -0.3 is 10.8 Å². The number of aryl methyl sites for hydroxylation is 1. The van der Waals surface area contributed by atoms with Gasteiger partial charge in [0, 0.05) is 6.54 Å². The lowest BCUT2D eigenvalue weighted by molar-refractivity contribution is 0.187. The molecule has 1 rings (SSSR count). The number of benzene rings is 1. The van der Waals surface area contributed by atoms with Crippen molar-refractivity contribution in [1.29, 1.82) is 0 Å². The van der Waals surface area contributed by atoms with Crippen LogP contribution in [0.4, 0.5) is 0 Å². The van der Waals surface area contributed by atoms with Gasteiger partial charge in [-0.25, -0.2) is 0 Å². The van der Waals surface area contributed by atoms with Crippen LogP contribution < -0.4 is 5.73 Å². The maximum absolute atomic E-state index is 9.30. The average Bonchev–Trinajstić information content (AvgIpc) is 2.05. The lowest BCUT2D eigenvalue weighted by Crippen LogP contribution is -2.11. The molecule has 0 aliphatic heterocycles. The second-order valence-electron chi connectivity index (χ2n) is 2.66. The van der Waals surface area contributed by atoms with Crippen molar-refractivity contribution in [3.05, 3.63) is 35.4 Å². The molecule has 0 amide bonds. The van der Waals surface area contributed by atoms with Gasteiger partial charge in [0.25, 0.3) is 0 Å². The fourth-order valence-corrected chi connectivity index (χ4v) is 0.925. The van der Waals surface area contributed by atoms with E-state index in [9.17, 15) is 5.11 Å². The minimum Gasteiger partial charge on any atom is -0.387 e. The molecule has 1 aromatic carbocycles. The van der Waals surface area contributed by atoms with E-state index in [0.29, 0.717) is 0 Å². The quantitative estimate of drug-likeness (QED) is 0.662. The van der Waals surface area contributed by atoms with Crippen LogP contribution in [-0.4, -0.2) is 11.7 Å². The minimum atomic E-state index is -0.518. The van der Waals surface area contributed by atoms with E-state index in [1.54, 1.807) is 0 Å². The van der Waals surface area contributed by atoms with Crippen molar-refractivity contribution in [2.45, 2.75) is 13.0 Å². The van der Waals surface area contributed by atoms with Crippen molar-refractivity contribution in [2.24, 2.45) is 5.73 Å². The van der Waals surface area contributed by atoms with Crippen LogP contribution in [0.5, 0.6) is 0 Å². The molecule has 0 aliphatic rings. The fourth-order valence-electron chi connectivity index (χ4n) is 0.925. The van der Waals surface area contributed by atoms with Gasteiger partial charge >= 0.3 is 0 Å². The summed E-state index contributed by atoms with van der Waals surface area (Å²) in [6.07, 6.45) is -0.518. The van der Waals surface area contributed by atoms with E-state index in [0.717, 1.165) is 5.56 Å². The molecule has 2 nitrogen and oxygen atoms in total. The zero-order valence-corrected chi connectivity index (χ0v) is 6.62. The number of aliphatic hydroxyl groups excluding tert-OH is 1. The molecule has 1 unspecified atom stereocenters. The summed E-state index contributed by atoms with van der Waals surface area (Å²) in [6, 6.07) is 7.72. The summed E-state index contributed by atoms with van der Waals surface area (Å²) < 4.78 is 0. The minimum absolute atomic E-state index is 0.281. The first kappa shape index (κ1) is 8.24. The first-order valence-electron chi connectivity index (χ1n) is 3.68. The lowest BCUT2D eigenvalue weighted by atomic mass is 10.1. The Kier molecular flexibility index (Phi) is 2.63. The van der Waals surface area contributed by atoms with Crippen molar-refractivity contribution >= 4 is 0 Å². The van der Waals surface area contributed by atoms with Crippen molar-refractivity contribution in [1.82, 2.24) is 0 Å². The van der Waals surface area contributed by atoms with E-state index in [-0.39, 0.29) is 6.54 Å². The molecule has 0 saturated carbocycles. The smallest absolute Gasteiger partial charge is 0.0912 e. The van der Waals surface area contributed by atoms with Crippen LogP contribution in [0.25, 0.3) is 0 Å². The van der Waals surface area contributed by atoms with Crippen LogP contribution in [0.1, 0.15) is 17.2 Å². The van der Waals surface area contributed by atoms with E-state index in [4.69, 9.17) is 5.73 Å². The molecule has 2 heteroatoms. The van der Waals surface area contributed by atoms with E-state index >= 15 is 0 Å². The molecule has 0 radical (unpaired) electrons. The molecule has 11 heavy (non-hydrogen) atoms. The predicted octanol–water partition coefficient (Wildman–Crippen LogP) is 0.987. The summed E-state index contributed by atoms with van der Waals surface area (Å²) in [4.78, 5) is 0. The van der Waals surface area contributed by atoms with Crippen molar-refractivity contribution in [3.8, 4) is 0 Å². The van der Waals surface area contributed by atoms with Crippen LogP contribution in [-0.2, 0) is 0 Å². The monoisotopic (exact) mass is 151 g/mol. The first-order chi connectivity index (χ1) is 5.24. The molecule has 3 N–H and O–H groups in total. The summed E-state index contributed by atoms with van der Waals surface area (Å²) in [5.74, 6) is 0. The highest BCUT2D eigenvalue weighted by atomic mass is 16.3. The van der Waals surface area contributed by atoms with Crippen LogP contribution in [0.15, 0.2) is 24.3 Å². The van der Waals surface area contributed by atoms with Crippen molar-refractivity contribution in [3.63, 3.8) is 0 Å². The summed E-state index contributed by atoms with van der Waals surface area (Å²) in [5, 5.41) is 9.30.